The Kier molecular flexibility index (Phi) is 5.67. The molecule has 25 heavy (non-hydrogen) atoms. The van der Waals surface area contributed by atoms with Gasteiger partial charge in [0.1, 0.15) is 18.1 Å². The topological polar surface area (TPSA) is 93.5 Å². The molecule has 0 radical (unpaired) electrons. The van der Waals surface area contributed by atoms with Crippen LogP contribution >= 0.6 is 15.9 Å². The molecule has 1 heterocycles. The van der Waals surface area contributed by atoms with Gasteiger partial charge in [-0.25, -0.2) is 4.98 Å². The molecule has 134 valence electrons. The first-order valence-corrected chi connectivity index (χ1v) is 7.50. The minimum absolute atomic E-state index is 0.0493. The first-order chi connectivity index (χ1) is 11.7. The molecule has 1 amide bonds. The van der Waals surface area contributed by atoms with E-state index in [4.69, 9.17) is 5.11 Å². The van der Waals surface area contributed by atoms with E-state index >= 15 is 0 Å². The second-order valence-electron chi connectivity index (χ2n) is 4.74. The maximum atomic E-state index is 12.2. The molecule has 0 spiro atoms. The normalized spacial score (nSPS) is 11.2. The van der Waals surface area contributed by atoms with Gasteiger partial charge in [-0.3, -0.25) is 9.59 Å². The highest BCUT2D eigenvalue weighted by Gasteiger charge is 2.31. The number of aliphatic carboxylic acids is 1. The number of halogens is 4. The highest BCUT2D eigenvalue weighted by atomic mass is 79.9. The molecule has 0 bridgehead atoms. The number of ether oxygens (including phenoxy) is 1. The Morgan fingerprint density at radius 3 is 2.68 bits per heavy atom. The maximum absolute atomic E-state index is 12.2. The van der Waals surface area contributed by atoms with Crippen molar-refractivity contribution in [3.05, 3.63) is 46.5 Å². The van der Waals surface area contributed by atoms with Crippen molar-refractivity contribution < 1.29 is 32.6 Å². The molecular formula is C14H11BrF3N3O4. The van der Waals surface area contributed by atoms with E-state index in [1.54, 1.807) is 0 Å². The fourth-order valence-electron chi connectivity index (χ4n) is 1.93. The van der Waals surface area contributed by atoms with Crippen LogP contribution in [0.25, 0.3) is 0 Å². The van der Waals surface area contributed by atoms with Crippen LogP contribution in [0.1, 0.15) is 16.2 Å². The predicted octanol–water partition coefficient (Wildman–Crippen LogP) is 2.56. The SMILES string of the molecule is O=C(O)Cn1ccnc1CNC(=O)c1ccc(OC(F)(F)F)cc1Br. The van der Waals surface area contributed by atoms with Crippen molar-refractivity contribution in [3.63, 3.8) is 0 Å². The van der Waals surface area contributed by atoms with E-state index in [1.165, 1.54) is 23.0 Å². The average Bonchev–Trinajstić information content (AvgIpc) is 2.89. The van der Waals surface area contributed by atoms with E-state index < -0.39 is 24.0 Å². The van der Waals surface area contributed by atoms with Crippen LogP contribution in [0.2, 0.25) is 0 Å². The second-order valence-corrected chi connectivity index (χ2v) is 5.59. The van der Waals surface area contributed by atoms with Crippen molar-refractivity contribution in [1.82, 2.24) is 14.9 Å². The first-order valence-electron chi connectivity index (χ1n) is 6.71. The van der Waals surface area contributed by atoms with Crippen LogP contribution in [0.4, 0.5) is 13.2 Å². The van der Waals surface area contributed by atoms with Gasteiger partial charge in [0.2, 0.25) is 0 Å². The average molecular weight is 422 g/mol. The van der Waals surface area contributed by atoms with Crippen LogP contribution in [0.5, 0.6) is 5.75 Å². The summed E-state index contributed by atoms with van der Waals surface area (Å²) in [5, 5.41) is 11.3. The van der Waals surface area contributed by atoms with Crippen LogP contribution in [-0.2, 0) is 17.9 Å². The van der Waals surface area contributed by atoms with E-state index in [9.17, 15) is 22.8 Å². The van der Waals surface area contributed by atoms with Gasteiger partial charge in [-0.1, -0.05) is 0 Å². The van der Waals surface area contributed by atoms with E-state index in [0.29, 0.717) is 5.82 Å². The molecule has 7 nitrogen and oxygen atoms in total. The van der Waals surface area contributed by atoms with E-state index in [1.807, 2.05) is 0 Å². The maximum Gasteiger partial charge on any atom is 0.573 e. The lowest BCUT2D eigenvalue weighted by molar-refractivity contribution is -0.274. The van der Waals surface area contributed by atoms with E-state index in [0.717, 1.165) is 12.1 Å². The molecule has 0 unspecified atom stereocenters. The predicted molar refractivity (Wildman–Crippen MR) is 81.9 cm³/mol. The summed E-state index contributed by atoms with van der Waals surface area (Å²) in [6.45, 7) is -0.356. The number of hydrogen-bond donors (Lipinski definition) is 2. The van der Waals surface area contributed by atoms with Crippen molar-refractivity contribution in [1.29, 1.82) is 0 Å². The zero-order valence-electron chi connectivity index (χ0n) is 12.4. The van der Waals surface area contributed by atoms with Gasteiger partial charge in [0, 0.05) is 16.9 Å². The minimum atomic E-state index is -4.83. The number of carbonyl (C=O) groups is 2. The third-order valence-electron chi connectivity index (χ3n) is 2.93. The molecule has 1 aromatic heterocycles. The zero-order valence-corrected chi connectivity index (χ0v) is 14.0. The third-order valence-corrected chi connectivity index (χ3v) is 3.59. The molecule has 2 N–H and O–H groups in total. The lowest BCUT2D eigenvalue weighted by Gasteiger charge is -2.11. The fraction of sp³-hybridized carbons (Fsp3) is 0.214. The number of nitrogens with one attached hydrogen (secondary N) is 1. The van der Waals surface area contributed by atoms with Crippen LogP contribution < -0.4 is 10.1 Å². The van der Waals surface area contributed by atoms with Crippen LogP contribution in [0, 0.1) is 0 Å². The highest BCUT2D eigenvalue weighted by molar-refractivity contribution is 9.10. The number of nitrogens with zero attached hydrogens (tertiary/aromatic N) is 2. The van der Waals surface area contributed by atoms with Crippen molar-refractivity contribution in [2.45, 2.75) is 19.5 Å². The molecular weight excluding hydrogens is 411 g/mol. The van der Waals surface area contributed by atoms with Crippen LogP contribution in [0.3, 0.4) is 0 Å². The summed E-state index contributed by atoms with van der Waals surface area (Å²) >= 11 is 3.01. The second kappa shape index (κ2) is 7.55. The van der Waals surface area contributed by atoms with Gasteiger partial charge in [-0.15, -0.1) is 13.2 Å². The zero-order chi connectivity index (χ0) is 18.6. The Balaban J connectivity index is 2.04. The lowest BCUT2D eigenvalue weighted by Crippen LogP contribution is -2.26. The lowest BCUT2D eigenvalue weighted by atomic mass is 10.2. The van der Waals surface area contributed by atoms with E-state index in [-0.39, 0.29) is 23.1 Å². The van der Waals surface area contributed by atoms with Gasteiger partial charge in [0.15, 0.2) is 0 Å². The van der Waals surface area contributed by atoms with Gasteiger partial charge in [0.25, 0.3) is 5.91 Å². The quantitative estimate of drug-likeness (QED) is 0.747. The molecule has 11 heteroatoms. The monoisotopic (exact) mass is 421 g/mol. The molecule has 0 atom stereocenters. The molecule has 2 rings (SSSR count). The Bertz CT molecular complexity index is 792. The smallest absolute Gasteiger partial charge is 0.480 e. The number of carboxylic acid groups (broad SMARTS) is 1. The Morgan fingerprint density at radius 1 is 1.36 bits per heavy atom. The molecule has 0 saturated heterocycles. The number of hydrogen-bond acceptors (Lipinski definition) is 4. The summed E-state index contributed by atoms with van der Waals surface area (Å²) in [7, 11) is 0. The molecule has 0 saturated carbocycles. The van der Waals surface area contributed by atoms with Crippen LogP contribution in [-0.4, -0.2) is 32.9 Å². The molecule has 0 aliphatic rings. The number of benzene rings is 1. The summed E-state index contributed by atoms with van der Waals surface area (Å²) in [5.74, 6) is -1.78. The van der Waals surface area contributed by atoms with Crippen molar-refractivity contribution >= 4 is 27.8 Å². The van der Waals surface area contributed by atoms with Gasteiger partial charge in [0.05, 0.1) is 12.1 Å². The molecule has 1 aromatic carbocycles. The number of amides is 1. The number of carbonyl (C=O) groups excluding carboxylic acids is 1. The molecule has 2 aromatic rings. The van der Waals surface area contributed by atoms with Gasteiger partial charge < -0.3 is 19.7 Å². The fourth-order valence-corrected chi connectivity index (χ4v) is 2.47. The largest absolute Gasteiger partial charge is 0.573 e. The van der Waals surface area contributed by atoms with Crippen molar-refractivity contribution in [3.8, 4) is 5.75 Å². The number of aromatic nitrogens is 2. The molecule has 0 aliphatic carbocycles. The highest BCUT2D eigenvalue weighted by Crippen LogP contribution is 2.27. The Labute approximate surface area is 147 Å². The van der Waals surface area contributed by atoms with Gasteiger partial charge in [-0.05, 0) is 34.1 Å². The Morgan fingerprint density at radius 2 is 2.08 bits per heavy atom. The molecule has 0 fully saturated rings. The summed E-state index contributed by atoms with van der Waals surface area (Å²) < 4.78 is 41.7. The van der Waals surface area contributed by atoms with Gasteiger partial charge in [-0.2, -0.15) is 0 Å². The van der Waals surface area contributed by atoms with E-state index in [2.05, 4.69) is 31.0 Å². The summed E-state index contributed by atoms with van der Waals surface area (Å²) in [5.41, 5.74) is 0.0888. The van der Waals surface area contributed by atoms with Crippen molar-refractivity contribution in [2.24, 2.45) is 0 Å². The number of alkyl halides is 3. The molecule has 0 aliphatic heterocycles. The minimum Gasteiger partial charge on any atom is -0.480 e. The number of rotatable bonds is 6. The first kappa shape index (κ1) is 18.8. The Hall–Kier alpha value is -2.56. The van der Waals surface area contributed by atoms with Gasteiger partial charge >= 0.3 is 12.3 Å². The number of carboxylic acids is 1. The van der Waals surface area contributed by atoms with Crippen LogP contribution in [0.15, 0.2) is 35.1 Å². The number of imidazole rings is 1. The third kappa shape index (κ3) is 5.48. The standard InChI is InChI=1S/C14H11BrF3N3O4/c15-10-5-8(25-14(16,17)18)1-2-9(10)13(24)20-6-11-19-3-4-21(11)7-12(22)23/h1-5H,6-7H2,(H,20,24)(H,22,23). The van der Waals surface area contributed by atoms with Crippen molar-refractivity contribution in [2.75, 3.05) is 0 Å². The summed E-state index contributed by atoms with van der Waals surface area (Å²) in [6, 6.07) is 3.20. The summed E-state index contributed by atoms with van der Waals surface area (Å²) in [4.78, 5) is 26.8. The summed E-state index contributed by atoms with van der Waals surface area (Å²) in [6.07, 6.45) is -1.98.